The molecule has 2 aromatic carbocycles. The Morgan fingerprint density at radius 3 is 2.52 bits per heavy atom. The van der Waals surface area contributed by atoms with Crippen molar-refractivity contribution in [2.75, 3.05) is 6.61 Å². The molecule has 0 amide bonds. The number of benzene rings is 2. The number of hydrogen-bond acceptors (Lipinski definition) is 3. The molecule has 0 N–H and O–H groups in total. The number of ketones is 1. The lowest BCUT2D eigenvalue weighted by Crippen LogP contribution is -2.13. The maximum Gasteiger partial charge on any atom is 0.203 e. The molecule has 6 heteroatoms. The van der Waals surface area contributed by atoms with E-state index in [1.807, 2.05) is 0 Å². The van der Waals surface area contributed by atoms with Crippen LogP contribution in [-0.2, 0) is 0 Å². The summed E-state index contributed by atoms with van der Waals surface area (Å²) in [4.78, 5) is 22.3. The van der Waals surface area contributed by atoms with E-state index in [-0.39, 0.29) is 11.3 Å². The SMILES string of the molecule is O=Cc1cc(F)cc(OCC(=O)c2cc(F)ccc2F)c1. The van der Waals surface area contributed by atoms with Crippen LogP contribution in [0.15, 0.2) is 36.4 Å². The lowest BCUT2D eigenvalue weighted by Gasteiger charge is -2.07. The predicted molar refractivity (Wildman–Crippen MR) is 68.0 cm³/mol. The van der Waals surface area contributed by atoms with Crippen molar-refractivity contribution in [3.05, 3.63) is 65.0 Å². The van der Waals surface area contributed by atoms with Crippen LogP contribution in [0, 0.1) is 17.5 Å². The Morgan fingerprint density at radius 2 is 1.81 bits per heavy atom. The molecule has 0 saturated heterocycles. The Labute approximate surface area is 118 Å². The molecule has 0 spiro atoms. The van der Waals surface area contributed by atoms with Gasteiger partial charge in [0.1, 0.15) is 29.5 Å². The van der Waals surface area contributed by atoms with Gasteiger partial charge in [-0.25, -0.2) is 13.2 Å². The third-order valence-electron chi connectivity index (χ3n) is 2.63. The van der Waals surface area contributed by atoms with Gasteiger partial charge in [-0.1, -0.05) is 0 Å². The molecular formula is C15H9F3O3. The third kappa shape index (κ3) is 3.68. The molecule has 3 nitrogen and oxygen atoms in total. The predicted octanol–water partition coefficient (Wildman–Crippen LogP) is 3.18. The first-order chi connectivity index (χ1) is 9.99. The van der Waals surface area contributed by atoms with Gasteiger partial charge in [-0.2, -0.15) is 0 Å². The van der Waals surface area contributed by atoms with E-state index in [9.17, 15) is 22.8 Å². The molecule has 0 aliphatic carbocycles. The first-order valence-electron chi connectivity index (χ1n) is 5.86. The number of aldehydes is 1. The molecular weight excluding hydrogens is 285 g/mol. The minimum Gasteiger partial charge on any atom is -0.485 e. The van der Waals surface area contributed by atoms with Gasteiger partial charge in [0, 0.05) is 11.6 Å². The summed E-state index contributed by atoms with van der Waals surface area (Å²) in [6.07, 6.45) is 0.421. The largest absolute Gasteiger partial charge is 0.485 e. The van der Waals surface area contributed by atoms with Crippen LogP contribution in [0.2, 0.25) is 0 Å². The van der Waals surface area contributed by atoms with Crippen LogP contribution in [0.3, 0.4) is 0 Å². The van der Waals surface area contributed by atoms with Crippen molar-refractivity contribution in [2.45, 2.75) is 0 Å². The first-order valence-corrected chi connectivity index (χ1v) is 5.86. The molecule has 0 bridgehead atoms. The standard InChI is InChI=1S/C15H9F3O3/c16-10-1-2-14(18)13(6-10)15(20)8-21-12-4-9(7-19)3-11(17)5-12/h1-7H,8H2. The zero-order chi connectivity index (χ0) is 15.4. The van der Waals surface area contributed by atoms with E-state index < -0.39 is 35.4 Å². The number of ether oxygens (including phenoxy) is 1. The molecule has 0 saturated carbocycles. The van der Waals surface area contributed by atoms with E-state index in [0.717, 1.165) is 30.3 Å². The number of Topliss-reactive ketones (excluding diaryl/α,β-unsaturated/α-hetero) is 1. The van der Waals surface area contributed by atoms with Crippen LogP contribution >= 0.6 is 0 Å². The van der Waals surface area contributed by atoms with Crippen LogP contribution in [0.5, 0.6) is 5.75 Å². The van der Waals surface area contributed by atoms with Crippen molar-refractivity contribution < 1.29 is 27.5 Å². The van der Waals surface area contributed by atoms with E-state index in [0.29, 0.717) is 6.29 Å². The maximum absolute atomic E-state index is 13.4. The van der Waals surface area contributed by atoms with Crippen molar-refractivity contribution in [2.24, 2.45) is 0 Å². The summed E-state index contributed by atoms with van der Waals surface area (Å²) in [6, 6.07) is 5.66. The number of hydrogen-bond donors (Lipinski definition) is 0. The average Bonchev–Trinajstić information content (AvgIpc) is 2.46. The first kappa shape index (κ1) is 14.8. The van der Waals surface area contributed by atoms with E-state index in [1.165, 1.54) is 6.07 Å². The molecule has 2 rings (SSSR count). The van der Waals surface area contributed by atoms with Crippen LogP contribution in [0.4, 0.5) is 13.2 Å². The normalized spacial score (nSPS) is 10.2. The van der Waals surface area contributed by atoms with Crippen LogP contribution in [-0.4, -0.2) is 18.7 Å². The molecule has 0 unspecified atom stereocenters. The fourth-order valence-electron chi connectivity index (χ4n) is 1.67. The van der Waals surface area contributed by atoms with Crippen molar-refractivity contribution >= 4 is 12.1 Å². The highest BCUT2D eigenvalue weighted by atomic mass is 19.1. The minimum atomic E-state index is -0.877. The second-order valence-corrected chi connectivity index (χ2v) is 4.17. The minimum absolute atomic E-state index is 0.0365. The highest BCUT2D eigenvalue weighted by Gasteiger charge is 2.14. The van der Waals surface area contributed by atoms with E-state index in [2.05, 4.69) is 0 Å². The summed E-state index contributed by atoms with van der Waals surface area (Å²) in [7, 11) is 0. The zero-order valence-electron chi connectivity index (χ0n) is 10.6. The average molecular weight is 294 g/mol. The Balaban J connectivity index is 2.12. The lowest BCUT2D eigenvalue weighted by atomic mass is 10.1. The third-order valence-corrected chi connectivity index (χ3v) is 2.63. The molecule has 2 aromatic rings. The maximum atomic E-state index is 13.4. The van der Waals surface area contributed by atoms with Gasteiger partial charge < -0.3 is 4.74 Å². The summed E-state index contributed by atoms with van der Waals surface area (Å²) in [5, 5.41) is 0. The summed E-state index contributed by atoms with van der Waals surface area (Å²) < 4.78 is 44.5. The smallest absolute Gasteiger partial charge is 0.203 e. The van der Waals surface area contributed by atoms with Gasteiger partial charge in [0.2, 0.25) is 5.78 Å². The second kappa shape index (κ2) is 6.21. The molecule has 0 aliphatic rings. The topological polar surface area (TPSA) is 43.4 Å². The second-order valence-electron chi connectivity index (χ2n) is 4.17. The van der Waals surface area contributed by atoms with Gasteiger partial charge in [-0.05, 0) is 30.3 Å². The Bertz CT molecular complexity index is 699. The molecule has 21 heavy (non-hydrogen) atoms. The molecule has 0 atom stereocenters. The fourth-order valence-corrected chi connectivity index (χ4v) is 1.67. The molecule has 0 aliphatic heterocycles. The van der Waals surface area contributed by atoms with Crippen molar-refractivity contribution in [3.8, 4) is 5.75 Å². The van der Waals surface area contributed by atoms with Gasteiger partial charge in [0.25, 0.3) is 0 Å². The summed E-state index contributed by atoms with van der Waals surface area (Å²) in [6.45, 7) is -0.609. The van der Waals surface area contributed by atoms with Gasteiger partial charge in [-0.15, -0.1) is 0 Å². The monoisotopic (exact) mass is 294 g/mol. The number of carbonyl (C=O) groups excluding carboxylic acids is 2. The van der Waals surface area contributed by atoms with Gasteiger partial charge >= 0.3 is 0 Å². The number of rotatable bonds is 5. The van der Waals surface area contributed by atoms with Crippen molar-refractivity contribution in [3.63, 3.8) is 0 Å². The quantitative estimate of drug-likeness (QED) is 0.628. The van der Waals surface area contributed by atoms with Gasteiger partial charge in [0.15, 0.2) is 6.61 Å². The molecule has 0 aromatic heterocycles. The lowest BCUT2D eigenvalue weighted by molar-refractivity contribution is 0.0916. The van der Waals surface area contributed by atoms with Crippen LogP contribution in [0.25, 0.3) is 0 Å². The van der Waals surface area contributed by atoms with Crippen molar-refractivity contribution in [1.82, 2.24) is 0 Å². The molecule has 108 valence electrons. The van der Waals surface area contributed by atoms with Gasteiger partial charge in [0.05, 0.1) is 5.56 Å². The highest BCUT2D eigenvalue weighted by Crippen LogP contribution is 2.16. The molecule has 0 radical (unpaired) electrons. The van der Waals surface area contributed by atoms with Crippen molar-refractivity contribution in [1.29, 1.82) is 0 Å². The zero-order valence-corrected chi connectivity index (χ0v) is 10.6. The van der Waals surface area contributed by atoms with E-state index >= 15 is 0 Å². The summed E-state index contributed by atoms with van der Waals surface area (Å²) >= 11 is 0. The Hall–Kier alpha value is -2.63. The Kier molecular flexibility index (Phi) is 4.37. The van der Waals surface area contributed by atoms with Crippen LogP contribution in [0.1, 0.15) is 20.7 Å². The van der Waals surface area contributed by atoms with E-state index in [1.54, 1.807) is 0 Å². The number of carbonyl (C=O) groups is 2. The van der Waals surface area contributed by atoms with Gasteiger partial charge in [-0.3, -0.25) is 9.59 Å². The number of halogens is 3. The van der Waals surface area contributed by atoms with Crippen LogP contribution < -0.4 is 4.74 Å². The fraction of sp³-hybridized carbons (Fsp3) is 0.0667. The molecule has 0 heterocycles. The molecule has 0 fully saturated rings. The van der Waals surface area contributed by atoms with E-state index in [4.69, 9.17) is 4.74 Å². The highest BCUT2D eigenvalue weighted by molar-refractivity contribution is 5.97. The Morgan fingerprint density at radius 1 is 1.05 bits per heavy atom. The summed E-state index contributed by atoms with van der Waals surface area (Å²) in [5.74, 6) is -3.20. The summed E-state index contributed by atoms with van der Waals surface area (Å²) in [5.41, 5.74) is -0.420.